The van der Waals surface area contributed by atoms with Crippen molar-refractivity contribution < 1.29 is 17.6 Å². The van der Waals surface area contributed by atoms with Crippen molar-refractivity contribution >= 4 is 15.9 Å². The highest BCUT2D eigenvalue weighted by atomic mass is 32.2. The van der Waals surface area contributed by atoms with E-state index in [2.05, 4.69) is 4.72 Å². The van der Waals surface area contributed by atoms with Gasteiger partial charge in [-0.2, -0.15) is 0 Å². The number of nitrogens with one attached hydrogen (secondary N) is 1. The average Bonchev–Trinajstić information content (AvgIpc) is 2.72. The highest BCUT2D eigenvalue weighted by Crippen LogP contribution is 2.20. The standard InChI is InChI=1S/C21H25FN2O3S/c22-20-9-5-4-8-19(20)21(25)24-13-10-18(11-14-24)16-23-28(26,27)15-12-17-6-2-1-3-7-17/h1-9,18,23H,10-16H2. The summed E-state index contributed by atoms with van der Waals surface area (Å²) >= 11 is 0. The maximum Gasteiger partial charge on any atom is 0.256 e. The van der Waals surface area contributed by atoms with E-state index >= 15 is 0 Å². The monoisotopic (exact) mass is 404 g/mol. The summed E-state index contributed by atoms with van der Waals surface area (Å²) in [7, 11) is -3.34. The Hall–Kier alpha value is -2.25. The molecule has 7 heteroatoms. The number of aryl methyl sites for hydroxylation is 1. The van der Waals surface area contributed by atoms with Gasteiger partial charge in [0.15, 0.2) is 0 Å². The Morgan fingerprint density at radius 1 is 1.04 bits per heavy atom. The predicted octanol–water partition coefficient (Wildman–Crippen LogP) is 2.84. The fraction of sp³-hybridized carbons (Fsp3) is 0.381. The summed E-state index contributed by atoms with van der Waals surface area (Å²) in [4.78, 5) is 14.1. The van der Waals surface area contributed by atoms with E-state index in [1.807, 2.05) is 30.3 Å². The van der Waals surface area contributed by atoms with E-state index in [0.717, 1.165) is 5.56 Å². The van der Waals surface area contributed by atoms with Gasteiger partial charge in [-0.1, -0.05) is 42.5 Å². The molecule has 2 aromatic carbocycles. The second-order valence-corrected chi connectivity index (χ2v) is 9.04. The molecule has 0 radical (unpaired) electrons. The molecule has 1 saturated heterocycles. The number of halogens is 1. The minimum absolute atomic E-state index is 0.0572. The van der Waals surface area contributed by atoms with Crippen LogP contribution < -0.4 is 4.72 Å². The Balaban J connectivity index is 1.44. The number of benzene rings is 2. The lowest BCUT2D eigenvalue weighted by Crippen LogP contribution is -2.42. The summed E-state index contributed by atoms with van der Waals surface area (Å²) in [5, 5.41) is 0. The number of carbonyl (C=O) groups excluding carboxylic acids is 1. The van der Waals surface area contributed by atoms with Crippen LogP contribution in [0, 0.1) is 11.7 Å². The first-order chi connectivity index (χ1) is 13.4. The van der Waals surface area contributed by atoms with E-state index in [-0.39, 0.29) is 23.1 Å². The van der Waals surface area contributed by atoms with E-state index in [4.69, 9.17) is 0 Å². The Morgan fingerprint density at radius 3 is 2.36 bits per heavy atom. The highest BCUT2D eigenvalue weighted by Gasteiger charge is 2.25. The second-order valence-electron chi connectivity index (χ2n) is 7.12. The minimum atomic E-state index is -3.34. The zero-order valence-corrected chi connectivity index (χ0v) is 16.5. The van der Waals surface area contributed by atoms with Crippen molar-refractivity contribution in [1.29, 1.82) is 0 Å². The van der Waals surface area contributed by atoms with Gasteiger partial charge in [-0.05, 0) is 42.9 Å². The molecule has 5 nitrogen and oxygen atoms in total. The van der Waals surface area contributed by atoms with Crippen LogP contribution in [0.4, 0.5) is 4.39 Å². The first-order valence-electron chi connectivity index (χ1n) is 9.50. The lowest BCUT2D eigenvalue weighted by molar-refractivity contribution is 0.0687. The maximum atomic E-state index is 13.8. The average molecular weight is 405 g/mol. The van der Waals surface area contributed by atoms with Crippen LogP contribution >= 0.6 is 0 Å². The van der Waals surface area contributed by atoms with Gasteiger partial charge in [0, 0.05) is 19.6 Å². The summed E-state index contributed by atoms with van der Waals surface area (Å²) in [6.45, 7) is 1.38. The second kappa shape index (κ2) is 9.30. The number of nitrogens with zero attached hydrogens (tertiary/aromatic N) is 1. The molecule has 28 heavy (non-hydrogen) atoms. The number of carbonyl (C=O) groups is 1. The summed E-state index contributed by atoms with van der Waals surface area (Å²) in [6, 6.07) is 15.5. The first-order valence-corrected chi connectivity index (χ1v) is 11.1. The van der Waals surface area contributed by atoms with E-state index in [1.165, 1.54) is 12.1 Å². The molecule has 2 aromatic rings. The number of hydrogen-bond donors (Lipinski definition) is 1. The molecule has 0 aliphatic carbocycles. The van der Waals surface area contributed by atoms with Crippen LogP contribution in [-0.2, 0) is 16.4 Å². The van der Waals surface area contributed by atoms with Gasteiger partial charge in [0.25, 0.3) is 5.91 Å². The van der Waals surface area contributed by atoms with Gasteiger partial charge in [0.05, 0.1) is 11.3 Å². The van der Waals surface area contributed by atoms with E-state index in [9.17, 15) is 17.6 Å². The molecule has 1 aliphatic rings. The van der Waals surface area contributed by atoms with E-state index in [0.29, 0.717) is 38.9 Å². The van der Waals surface area contributed by atoms with Gasteiger partial charge in [0.1, 0.15) is 5.82 Å². The van der Waals surface area contributed by atoms with Crippen LogP contribution in [-0.4, -0.2) is 44.6 Å². The third-order valence-corrected chi connectivity index (χ3v) is 6.45. The molecule has 1 amide bonds. The van der Waals surface area contributed by atoms with Gasteiger partial charge < -0.3 is 4.90 Å². The van der Waals surface area contributed by atoms with Crippen molar-refractivity contribution in [3.63, 3.8) is 0 Å². The van der Waals surface area contributed by atoms with Gasteiger partial charge in [-0.3, -0.25) is 4.79 Å². The van der Waals surface area contributed by atoms with Crippen LogP contribution in [0.25, 0.3) is 0 Å². The fourth-order valence-corrected chi connectivity index (χ4v) is 4.50. The molecular formula is C21H25FN2O3S. The summed E-state index contributed by atoms with van der Waals surface area (Å²) in [5.41, 5.74) is 1.08. The van der Waals surface area contributed by atoms with Crippen LogP contribution in [0.1, 0.15) is 28.8 Å². The lowest BCUT2D eigenvalue weighted by atomic mass is 9.96. The normalized spacial score (nSPS) is 15.5. The first kappa shape index (κ1) is 20.5. The van der Waals surface area contributed by atoms with Gasteiger partial charge >= 0.3 is 0 Å². The smallest absolute Gasteiger partial charge is 0.256 e. The van der Waals surface area contributed by atoms with Crippen LogP contribution in [0.3, 0.4) is 0 Å². The summed E-state index contributed by atoms with van der Waals surface area (Å²) in [6.07, 6.45) is 1.87. The maximum absolute atomic E-state index is 13.8. The molecule has 0 unspecified atom stereocenters. The quantitative estimate of drug-likeness (QED) is 0.772. The van der Waals surface area contributed by atoms with Crippen molar-refractivity contribution in [2.24, 2.45) is 5.92 Å². The molecule has 0 bridgehead atoms. The highest BCUT2D eigenvalue weighted by molar-refractivity contribution is 7.89. The van der Waals surface area contributed by atoms with Gasteiger partial charge in [-0.25, -0.2) is 17.5 Å². The van der Waals surface area contributed by atoms with Crippen molar-refractivity contribution in [2.45, 2.75) is 19.3 Å². The largest absolute Gasteiger partial charge is 0.339 e. The third-order valence-electron chi connectivity index (χ3n) is 5.10. The summed E-state index contributed by atoms with van der Waals surface area (Å²) in [5.74, 6) is -0.585. The molecule has 1 heterocycles. The Kier molecular flexibility index (Phi) is 6.80. The van der Waals surface area contributed by atoms with E-state index < -0.39 is 15.8 Å². The lowest BCUT2D eigenvalue weighted by Gasteiger charge is -2.32. The molecule has 3 rings (SSSR count). The minimum Gasteiger partial charge on any atom is -0.339 e. The molecule has 1 aliphatic heterocycles. The van der Waals surface area contributed by atoms with Crippen molar-refractivity contribution in [1.82, 2.24) is 9.62 Å². The number of amides is 1. The topological polar surface area (TPSA) is 66.5 Å². The molecular weight excluding hydrogens is 379 g/mol. The molecule has 1 N–H and O–H groups in total. The zero-order valence-electron chi connectivity index (χ0n) is 15.7. The van der Waals surface area contributed by atoms with Crippen molar-refractivity contribution in [3.8, 4) is 0 Å². The third kappa shape index (κ3) is 5.62. The Labute approximate surface area is 165 Å². The zero-order chi connectivity index (χ0) is 20.0. The van der Waals surface area contributed by atoms with Crippen molar-refractivity contribution in [2.75, 3.05) is 25.4 Å². The van der Waals surface area contributed by atoms with Crippen LogP contribution in [0.5, 0.6) is 0 Å². The molecule has 0 spiro atoms. The number of piperidine rings is 1. The van der Waals surface area contributed by atoms with E-state index in [1.54, 1.807) is 17.0 Å². The molecule has 0 saturated carbocycles. The molecule has 1 fully saturated rings. The fourth-order valence-electron chi connectivity index (χ4n) is 3.36. The number of sulfonamides is 1. The SMILES string of the molecule is O=C(c1ccccc1F)N1CCC(CNS(=O)(=O)CCc2ccccc2)CC1. The Morgan fingerprint density at radius 2 is 1.68 bits per heavy atom. The van der Waals surface area contributed by atoms with Gasteiger partial charge in [-0.15, -0.1) is 0 Å². The summed E-state index contributed by atoms with van der Waals surface area (Å²) < 4.78 is 40.9. The molecule has 0 aromatic heterocycles. The number of likely N-dealkylation sites (tertiary alicyclic amines) is 1. The molecule has 0 atom stereocenters. The number of rotatable bonds is 7. The Bertz CT molecular complexity index is 895. The number of hydrogen-bond acceptors (Lipinski definition) is 3. The van der Waals surface area contributed by atoms with Crippen LogP contribution in [0.2, 0.25) is 0 Å². The predicted molar refractivity (Wildman–Crippen MR) is 107 cm³/mol. The van der Waals surface area contributed by atoms with Crippen molar-refractivity contribution in [3.05, 3.63) is 71.5 Å². The molecule has 150 valence electrons. The van der Waals surface area contributed by atoms with Crippen LogP contribution in [0.15, 0.2) is 54.6 Å². The van der Waals surface area contributed by atoms with Gasteiger partial charge in [0.2, 0.25) is 10.0 Å².